The number of piperidine rings is 2. The molecule has 2 aromatic rings. The molecule has 2 saturated heterocycles. The lowest BCUT2D eigenvalue weighted by Crippen LogP contribution is -2.83. The van der Waals surface area contributed by atoms with E-state index in [1.54, 1.807) is 7.11 Å². The Morgan fingerprint density at radius 1 is 0.911 bits per heavy atom. The van der Waals surface area contributed by atoms with Gasteiger partial charge in [-0.15, -0.1) is 0 Å². The minimum atomic E-state index is -0.909. The lowest BCUT2D eigenvalue weighted by Gasteiger charge is -2.75. The van der Waals surface area contributed by atoms with Crippen molar-refractivity contribution in [3.05, 3.63) is 46.5 Å². The lowest BCUT2D eigenvalue weighted by molar-refractivity contribution is -0.312. The summed E-state index contributed by atoms with van der Waals surface area (Å²) in [7, 11) is 5.74. The van der Waals surface area contributed by atoms with Crippen LogP contribution < -0.4 is 14.2 Å². The Morgan fingerprint density at radius 2 is 1.68 bits per heavy atom. The van der Waals surface area contributed by atoms with Gasteiger partial charge >= 0.3 is 0 Å². The smallest absolute Gasteiger partial charge is 0.174 e. The molecule has 4 aliphatic heterocycles. The predicted molar refractivity (Wildman–Crippen MR) is 212 cm³/mol. The van der Waals surface area contributed by atoms with Crippen molar-refractivity contribution in [2.75, 3.05) is 40.9 Å². The molecular weight excluding hydrogens is 705 g/mol. The Bertz CT molecular complexity index is 2020. The Morgan fingerprint density at radius 3 is 2.41 bits per heavy atom. The van der Waals surface area contributed by atoms with Crippen LogP contribution in [0.15, 0.2) is 24.3 Å². The number of ether oxygens (including phenoxy) is 4. The number of Topliss-reactive ketones (excluding diaryl/α,β-unsaturated/α-hetero) is 1. The maximum absolute atomic E-state index is 12.6. The summed E-state index contributed by atoms with van der Waals surface area (Å²) >= 11 is 0. The molecule has 6 bridgehead atoms. The van der Waals surface area contributed by atoms with E-state index >= 15 is 0 Å². The molecule has 7 fully saturated rings. The van der Waals surface area contributed by atoms with Gasteiger partial charge in [-0.3, -0.25) is 9.69 Å². The van der Waals surface area contributed by atoms with Crippen molar-refractivity contribution in [3.63, 3.8) is 0 Å². The van der Waals surface area contributed by atoms with Gasteiger partial charge in [0.05, 0.1) is 12.7 Å². The monoisotopic (exact) mass is 766 g/mol. The number of carbonyl (C=O) groups excluding carboxylic acids is 1. The summed E-state index contributed by atoms with van der Waals surface area (Å²) in [5, 5.41) is 23.2. The molecule has 2 aromatic carbocycles. The van der Waals surface area contributed by atoms with E-state index in [-0.39, 0.29) is 51.3 Å². The zero-order valence-corrected chi connectivity index (χ0v) is 34.6. The van der Waals surface area contributed by atoms with E-state index in [4.69, 9.17) is 18.9 Å². The quantitative estimate of drug-likeness (QED) is 0.361. The number of likely N-dealkylation sites (N-methyl/N-ethyl adjacent to an activating group) is 1. The van der Waals surface area contributed by atoms with Crippen molar-refractivity contribution in [2.24, 2.45) is 28.6 Å². The number of likely N-dealkylation sites (tertiary alicyclic amines) is 2. The zero-order chi connectivity index (χ0) is 38.9. The maximum Gasteiger partial charge on any atom is 0.174 e. The second kappa shape index (κ2) is 11.5. The fourth-order valence-corrected chi connectivity index (χ4v) is 15.3. The molecule has 56 heavy (non-hydrogen) atoms. The van der Waals surface area contributed by atoms with Crippen LogP contribution in [0.25, 0.3) is 0 Å². The van der Waals surface area contributed by atoms with E-state index < -0.39 is 11.2 Å². The number of aliphatic hydroxyl groups is 1. The molecule has 9 nitrogen and oxygen atoms in total. The number of phenolic OH excluding ortho intramolecular Hbond substituents is 1. The van der Waals surface area contributed by atoms with E-state index in [0.29, 0.717) is 30.2 Å². The van der Waals surface area contributed by atoms with Gasteiger partial charge in [0.25, 0.3) is 0 Å². The Labute approximate surface area is 332 Å². The number of methoxy groups -OCH3 is 2. The van der Waals surface area contributed by atoms with Gasteiger partial charge in [-0.25, -0.2) is 0 Å². The Kier molecular flexibility index (Phi) is 7.41. The van der Waals surface area contributed by atoms with E-state index in [9.17, 15) is 15.0 Å². The molecule has 7 aliphatic carbocycles. The summed E-state index contributed by atoms with van der Waals surface area (Å²) in [4.78, 5) is 17.9. The third kappa shape index (κ3) is 4.15. The minimum Gasteiger partial charge on any atom is -0.504 e. The molecule has 0 radical (unpaired) electrons. The van der Waals surface area contributed by atoms with Crippen molar-refractivity contribution < 1.29 is 34.0 Å². The number of hydrogen-bond acceptors (Lipinski definition) is 9. The van der Waals surface area contributed by atoms with Gasteiger partial charge in [0.2, 0.25) is 0 Å². The first-order valence-electron chi connectivity index (χ1n) is 21.8. The molecule has 3 spiro atoms. The summed E-state index contributed by atoms with van der Waals surface area (Å²) in [5.41, 5.74) is 3.36. The number of rotatable bonds is 5. The summed E-state index contributed by atoms with van der Waals surface area (Å²) in [6.07, 6.45) is 11.1. The van der Waals surface area contributed by atoms with E-state index in [1.807, 2.05) is 26.2 Å². The molecule has 2 N–H and O–H groups in total. The van der Waals surface area contributed by atoms with Gasteiger partial charge in [-0.05, 0) is 132 Å². The first-order valence-corrected chi connectivity index (χ1v) is 21.8. The van der Waals surface area contributed by atoms with Crippen LogP contribution in [0.4, 0.5) is 0 Å². The van der Waals surface area contributed by atoms with Gasteiger partial charge in [0, 0.05) is 65.4 Å². The number of fused-ring (bicyclic) bond motifs is 2. The average molecular weight is 767 g/mol. The SMILES string of the molecule is CO[C@]12CC[C@@]3(C[C@@H]1[C@](C)(O)C(C)(C)C)[C@H]1Cc4ccc(O)c5c4[C@@]3(CCN1CC1CC1)[C@H]2O5.COc1ccc2c3c1O[C@H]1C(=O)CC[C@H]4[C@@H](C2)N(C)CC[C@]314. The van der Waals surface area contributed by atoms with Crippen molar-refractivity contribution in [1.29, 1.82) is 0 Å². The molecule has 4 heterocycles. The van der Waals surface area contributed by atoms with Crippen molar-refractivity contribution in [2.45, 2.75) is 145 Å². The first kappa shape index (κ1) is 36.2. The third-order valence-corrected chi connectivity index (χ3v) is 18.4. The molecule has 9 heteroatoms. The molecular formula is C47H62N2O7. The number of benzene rings is 2. The molecule has 13 rings (SSSR count). The lowest BCUT2D eigenvalue weighted by atomic mass is 9.33. The van der Waals surface area contributed by atoms with Crippen molar-refractivity contribution in [3.8, 4) is 23.0 Å². The molecule has 0 aromatic heterocycles. The molecule has 5 saturated carbocycles. The van der Waals surface area contributed by atoms with Gasteiger partial charge in [-0.2, -0.15) is 0 Å². The highest BCUT2D eigenvalue weighted by atomic mass is 16.6. The van der Waals surface area contributed by atoms with Gasteiger partial charge in [-0.1, -0.05) is 32.9 Å². The number of ketones is 1. The average Bonchev–Trinajstić information content (AvgIpc) is 3.81. The Hall–Kier alpha value is -2.85. The number of carbonyl (C=O) groups is 1. The topological polar surface area (TPSA) is 101 Å². The highest BCUT2D eigenvalue weighted by molar-refractivity contribution is 5.89. The van der Waals surface area contributed by atoms with Crippen LogP contribution in [0.5, 0.6) is 23.0 Å². The molecule has 302 valence electrons. The molecule has 0 unspecified atom stereocenters. The highest BCUT2D eigenvalue weighted by Crippen LogP contribution is 2.78. The fraction of sp³-hybridized carbons (Fsp3) is 0.723. The van der Waals surface area contributed by atoms with Gasteiger partial charge < -0.3 is 34.1 Å². The van der Waals surface area contributed by atoms with E-state index in [2.05, 4.69) is 49.8 Å². The fourth-order valence-electron chi connectivity index (χ4n) is 15.3. The predicted octanol–water partition coefficient (Wildman–Crippen LogP) is 6.35. The van der Waals surface area contributed by atoms with Crippen LogP contribution in [-0.2, 0) is 33.2 Å². The maximum atomic E-state index is 12.6. The standard InChI is InChI=1S/C29H41NO4.C18H21NO3/c1-25(2,3)26(4,32)20-15-27-10-11-29(20,33-5)24-28(27)12-13-30(16-17-6-7-17)21(27)14-18-8-9-19(31)23(34-24)22(18)28;1-19-8-7-18-11-4-5-13(20)17(18)22-16-14(21-2)6-3-10(15(16)18)9-12(11)19/h8-9,17,20-21,24,31-32H,6-7,10-16H2,1-5H3;3,6,11-12,17H,4-5,7-9H2,1-2H3/t20-,21-,24-,26+,27-,28+,29-;11-,12+,17-,18-/m10/s1. The van der Waals surface area contributed by atoms with Gasteiger partial charge in [0.15, 0.2) is 34.9 Å². The van der Waals surface area contributed by atoms with Gasteiger partial charge in [0.1, 0.15) is 11.7 Å². The molecule has 11 aliphatic rings. The first-order chi connectivity index (χ1) is 26.7. The van der Waals surface area contributed by atoms with Crippen molar-refractivity contribution >= 4 is 5.78 Å². The van der Waals surface area contributed by atoms with Crippen LogP contribution in [0.1, 0.15) is 108 Å². The second-order valence-electron chi connectivity index (χ2n) is 21.1. The second-order valence-corrected chi connectivity index (χ2v) is 21.1. The van der Waals surface area contributed by atoms with Crippen LogP contribution in [-0.4, -0.2) is 102 Å². The number of hydrogen-bond donors (Lipinski definition) is 2. The number of nitrogens with zero attached hydrogens (tertiary/aromatic N) is 2. The summed E-state index contributed by atoms with van der Waals surface area (Å²) < 4.78 is 25.2. The van der Waals surface area contributed by atoms with Crippen LogP contribution in [0.2, 0.25) is 0 Å². The zero-order valence-electron chi connectivity index (χ0n) is 34.6. The number of aromatic hydroxyl groups is 1. The van der Waals surface area contributed by atoms with Crippen LogP contribution in [0, 0.1) is 28.6 Å². The third-order valence-electron chi connectivity index (χ3n) is 18.4. The number of phenols is 1. The van der Waals surface area contributed by atoms with Crippen molar-refractivity contribution in [1.82, 2.24) is 9.80 Å². The van der Waals surface area contributed by atoms with Crippen LogP contribution >= 0.6 is 0 Å². The van der Waals surface area contributed by atoms with E-state index in [1.165, 1.54) is 41.6 Å². The minimum absolute atomic E-state index is 0.0294. The normalized spacial score (nSPS) is 41.8. The highest BCUT2D eigenvalue weighted by Gasteiger charge is 2.82. The summed E-state index contributed by atoms with van der Waals surface area (Å²) in [6, 6.07) is 9.19. The van der Waals surface area contributed by atoms with E-state index in [0.717, 1.165) is 81.9 Å². The Balaban J connectivity index is 0.000000142. The molecule has 11 atom stereocenters. The summed E-state index contributed by atoms with van der Waals surface area (Å²) in [6.45, 7) is 11.9. The molecule has 0 amide bonds. The summed E-state index contributed by atoms with van der Waals surface area (Å²) in [5.74, 6) is 4.26. The van der Waals surface area contributed by atoms with Crippen LogP contribution in [0.3, 0.4) is 0 Å². The largest absolute Gasteiger partial charge is 0.504 e.